The predicted octanol–water partition coefficient (Wildman–Crippen LogP) is 5.47. The van der Waals surface area contributed by atoms with Crippen LogP contribution in [0.4, 0.5) is 4.79 Å². The number of benzene rings is 1. The molecule has 1 aromatic carbocycles. The van der Waals surface area contributed by atoms with Gasteiger partial charge in [-0.1, -0.05) is 75.8 Å². The Bertz CT molecular complexity index is 754. The van der Waals surface area contributed by atoms with Gasteiger partial charge in [-0.05, 0) is 56.4 Å². The van der Waals surface area contributed by atoms with E-state index < -0.39 is 23.8 Å². The summed E-state index contributed by atoms with van der Waals surface area (Å²) in [6, 6.07) is 8.35. The van der Waals surface area contributed by atoms with E-state index in [9.17, 15) is 14.4 Å². The van der Waals surface area contributed by atoms with E-state index in [1.54, 1.807) is 0 Å². The summed E-state index contributed by atoms with van der Waals surface area (Å²) in [4.78, 5) is 38.6. The summed E-state index contributed by atoms with van der Waals surface area (Å²) in [5, 5.41) is 5.53. The van der Waals surface area contributed by atoms with Crippen LogP contribution in [0.3, 0.4) is 0 Å². The summed E-state index contributed by atoms with van der Waals surface area (Å²) in [5.41, 5.74) is 0.923. The first-order valence-corrected chi connectivity index (χ1v) is 12.9. The van der Waals surface area contributed by atoms with Gasteiger partial charge in [-0.3, -0.25) is 9.59 Å². The monoisotopic (exact) mass is 456 g/mol. The van der Waals surface area contributed by atoms with Crippen molar-refractivity contribution >= 4 is 17.8 Å². The molecule has 0 bridgehead atoms. The van der Waals surface area contributed by atoms with Gasteiger partial charge in [0.05, 0.1) is 6.04 Å². The molecule has 0 saturated heterocycles. The molecular formula is C27H40N2O4. The first-order valence-electron chi connectivity index (χ1n) is 12.9. The Morgan fingerprint density at radius 3 is 2.06 bits per heavy atom. The number of amides is 2. The molecule has 2 atom stereocenters. The molecule has 6 nitrogen and oxygen atoms in total. The summed E-state index contributed by atoms with van der Waals surface area (Å²) in [6.45, 7) is 3.87. The van der Waals surface area contributed by atoms with Crippen LogP contribution >= 0.6 is 0 Å². The largest absolute Gasteiger partial charge is 0.446 e. The maximum absolute atomic E-state index is 13.0. The molecular weight excluding hydrogens is 416 g/mol. The minimum Gasteiger partial charge on any atom is -0.446 e. The lowest BCUT2D eigenvalue weighted by Crippen LogP contribution is -2.49. The molecule has 0 spiro atoms. The first kappa shape index (κ1) is 25.3. The van der Waals surface area contributed by atoms with E-state index >= 15 is 0 Å². The zero-order valence-electron chi connectivity index (χ0n) is 20.2. The van der Waals surface area contributed by atoms with Gasteiger partial charge in [0.2, 0.25) is 5.78 Å². The number of ketones is 1. The van der Waals surface area contributed by atoms with Crippen LogP contribution in [0.15, 0.2) is 30.3 Å². The Morgan fingerprint density at radius 2 is 1.52 bits per heavy atom. The number of nitrogens with one attached hydrogen (secondary N) is 2. The smallest absolute Gasteiger partial charge is 0.408 e. The van der Waals surface area contributed by atoms with Crippen molar-refractivity contribution in [1.82, 2.24) is 10.6 Å². The van der Waals surface area contributed by atoms with Gasteiger partial charge < -0.3 is 15.4 Å². The number of alkyl carbamates (subject to hydrolysis) is 1. The van der Waals surface area contributed by atoms with E-state index in [1.807, 2.05) is 44.2 Å². The van der Waals surface area contributed by atoms with Crippen molar-refractivity contribution in [3.05, 3.63) is 35.9 Å². The summed E-state index contributed by atoms with van der Waals surface area (Å²) in [6.07, 6.45) is 10.6. The summed E-state index contributed by atoms with van der Waals surface area (Å²) >= 11 is 0. The number of Topliss-reactive ketones (excluding diaryl/α,β-unsaturated/α-hetero) is 1. The highest BCUT2D eigenvalue weighted by Gasteiger charge is 2.37. The molecule has 0 aromatic heterocycles. The molecule has 182 valence electrons. The van der Waals surface area contributed by atoms with Gasteiger partial charge in [0.25, 0.3) is 5.91 Å². The van der Waals surface area contributed by atoms with Crippen molar-refractivity contribution < 1.29 is 19.1 Å². The fourth-order valence-electron chi connectivity index (χ4n) is 5.38. The second-order valence-electron chi connectivity index (χ2n) is 9.77. The summed E-state index contributed by atoms with van der Waals surface area (Å²) < 4.78 is 5.98. The normalized spacial score (nSPS) is 18.8. The molecule has 2 amide bonds. The maximum Gasteiger partial charge on any atom is 0.408 e. The lowest BCUT2D eigenvalue weighted by atomic mass is 9.88. The average Bonchev–Trinajstić information content (AvgIpc) is 3.55. The van der Waals surface area contributed by atoms with Gasteiger partial charge >= 0.3 is 6.09 Å². The van der Waals surface area contributed by atoms with Gasteiger partial charge in [0.15, 0.2) is 0 Å². The van der Waals surface area contributed by atoms with Crippen LogP contribution in [0.25, 0.3) is 0 Å². The molecule has 2 saturated carbocycles. The van der Waals surface area contributed by atoms with Crippen molar-refractivity contribution in [2.75, 3.05) is 0 Å². The van der Waals surface area contributed by atoms with Gasteiger partial charge in [0.1, 0.15) is 12.1 Å². The third-order valence-electron chi connectivity index (χ3n) is 7.30. The van der Waals surface area contributed by atoms with E-state index in [0.29, 0.717) is 18.3 Å². The Labute approximate surface area is 198 Å². The highest BCUT2D eigenvalue weighted by atomic mass is 16.6. The Kier molecular flexibility index (Phi) is 9.76. The van der Waals surface area contributed by atoms with Crippen LogP contribution in [-0.4, -0.2) is 29.9 Å². The second-order valence-corrected chi connectivity index (χ2v) is 9.77. The van der Waals surface area contributed by atoms with Crippen molar-refractivity contribution in [1.29, 1.82) is 0 Å². The molecule has 33 heavy (non-hydrogen) atoms. The number of carbonyl (C=O) groups is 3. The Balaban J connectivity index is 1.61. The average molecular weight is 457 g/mol. The number of hydrogen-bond acceptors (Lipinski definition) is 4. The van der Waals surface area contributed by atoms with Crippen LogP contribution in [0.5, 0.6) is 0 Å². The third-order valence-corrected chi connectivity index (χ3v) is 7.30. The van der Waals surface area contributed by atoms with E-state index in [1.165, 1.54) is 25.7 Å². The van der Waals surface area contributed by atoms with Gasteiger partial charge in [-0.15, -0.1) is 0 Å². The summed E-state index contributed by atoms with van der Waals surface area (Å²) in [5.74, 6) is -0.449. The molecule has 3 rings (SSSR count). The number of ether oxygens (including phenoxy) is 1. The quantitative estimate of drug-likeness (QED) is 0.433. The molecule has 1 aromatic rings. The Morgan fingerprint density at radius 1 is 0.939 bits per heavy atom. The van der Waals surface area contributed by atoms with Crippen LogP contribution in [0.1, 0.15) is 96.1 Å². The van der Waals surface area contributed by atoms with E-state index in [2.05, 4.69) is 10.6 Å². The third kappa shape index (κ3) is 7.31. The van der Waals surface area contributed by atoms with Crippen molar-refractivity contribution in [3.63, 3.8) is 0 Å². The molecule has 0 radical (unpaired) electrons. The fraction of sp³-hybridized carbons (Fsp3) is 0.667. The molecule has 6 heteroatoms. The Hall–Kier alpha value is -2.37. The van der Waals surface area contributed by atoms with Crippen LogP contribution in [-0.2, 0) is 14.3 Å². The highest BCUT2D eigenvalue weighted by Crippen LogP contribution is 2.39. The molecule has 2 fully saturated rings. The number of hydrogen-bond donors (Lipinski definition) is 2. The minimum atomic E-state index is -0.867. The SMILES string of the molecule is CCCC[C@H](NC(=O)OC(C1CCCC1)C1CCCC1)C(=O)C(=O)N[C@H](C)c1ccccc1. The number of rotatable bonds is 11. The molecule has 2 aliphatic rings. The van der Waals surface area contributed by atoms with E-state index in [0.717, 1.165) is 44.1 Å². The minimum absolute atomic E-state index is 0.0798. The van der Waals surface area contributed by atoms with E-state index in [4.69, 9.17) is 4.74 Å². The molecule has 0 heterocycles. The van der Waals surface area contributed by atoms with Gasteiger partial charge in [0, 0.05) is 0 Å². The number of unbranched alkanes of at least 4 members (excludes halogenated alkanes) is 1. The topological polar surface area (TPSA) is 84.5 Å². The molecule has 2 aliphatic carbocycles. The van der Waals surface area contributed by atoms with Gasteiger partial charge in [-0.2, -0.15) is 0 Å². The second kappa shape index (κ2) is 12.8. The van der Waals surface area contributed by atoms with Crippen LogP contribution in [0, 0.1) is 11.8 Å². The zero-order chi connectivity index (χ0) is 23.6. The highest BCUT2D eigenvalue weighted by molar-refractivity contribution is 6.38. The van der Waals surface area contributed by atoms with Crippen molar-refractivity contribution in [2.24, 2.45) is 11.8 Å². The van der Waals surface area contributed by atoms with Gasteiger partial charge in [-0.25, -0.2) is 4.79 Å². The predicted molar refractivity (Wildman–Crippen MR) is 129 cm³/mol. The molecule has 0 aliphatic heterocycles. The van der Waals surface area contributed by atoms with Crippen LogP contribution in [0.2, 0.25) is 0 Å². The number of carbonyl (C=O) groups excluding carboxylic acids is 3. The van der Waals surface area contributed by atoms with Crippen molar-refractivity contribution in [2.45, 2.75) is 103 Å². The zero-order valence-corrected chi connectivity index (χ0v) is 20.2. The first-order chi connectivity index (χ1) is 16.0. The van der Waals surface area contributed by atoms with Crippen LogP contribution < -0.4 is 10.6 Å². The fourth-order valence-corrected chi connectivity index (χ4v) is 5.38. The maximum atomic E-state index is 13.0. The summed E-state index contributed by atoms with van der Waals surface area (Å²) in [7, 11) is 0. The lowest BCUT2D eigenvalue weighted by molar-refractivity contribution is -0.139. The standard InChI is InChI=1S/C27H40N2O4/c1-3-4-18-23(24(30)26(31)28-19(2)20-12-6-5-7-13-20)29-27(32)33-25(21-14-8-9-15-21)22-16-10-11-17-22/h5-7,12-13,19,21-23,25H,3-4,8-11,14-18H2,1-2H3,(H,28,31)(H,29,32)/t19-,23+/m1/s1. The van der Waals surface area contributed by atoms with E-state index in [-0.39, 0.29) is 12.1 Å². The van der Waals surface area contributed by atoms with Crippen molar-refractivity contribution in [3.8, 4) is 0 Å². The lowest BCUT2D eigenvalue weighted by Gasteiger charge is -2.29. The molecule has 0 unspecified atom stereocenters. The molecule has 2 N–H and O–H groups in total.